The fraction of sp³-hybridized carbons (Fsp3) is 0.214. The van der Waals surface area contributed by atoms with E-state index in [1.165, 1.54) is 10.4 Å². The smallest absolute Gasteiger partial charge is 0.120 e. The fourth-order valence-corrected chi connectivity index (χ4v) is 2.74. The highest BCUT2D eigenvalue weighted by molar-refractivity contribution is 7.13. The topological polar surface area (TPSA) is 53.9 Å². The Bertz CT molecular complexity index is 613. The number of aromatic amines is 1. The van der Waals surface area contributed by atoms with E-state index in [-0.39, 0.29) is 6.04 Å². The highest BCUT2D eigenvalue weighted by Crippen LogP contribution is 2.26. The van der Waals surface area contributed by atoms with Crippen LogP contribution in [0.1, 0.15) is 24.3 Å². The van der Waals surface area contributed by atoms with Crippen LogP contribution in [0.4, 0.5) is 0 Å². The van der Waals surface area contributed by atoms with Gasteiger partial charge < -0.3 is 9.73 Å². The molecule has 0 aliphatic rings. The van der Waals surface area contributed by atoms with Crippen LogP contribution in [0.3, 0.4) is 0 Å². The molecular weight excluding hydrogens is 258 g/mol. The second kappa shape index (κ2) is 5.42. The van der Waals surface area contributed by atoms with Crippen molar-refractivity contribution in [2.75, 3.05) is 0 Å². The standard InChI is InChI=1S/C14H15N3OS/c1-10(12-4-2-6-18-12)15-8-11-9-16-17-14(11)13-5-3-7-19-13/h2-7,9-10,15H,8H2,1H3,(H,16,17)/t10-/m1/s1. The minimum Gasteiger partial charge on any atom is -0.468 e. The van der Waals surface area contributed by atoms with Gasteiger partial charge in [-0.15, -0.1) is 11.3 Å². The molecule has 0 spiro atoms. The van der Waals surface area contributed by atoms with Crippen LogP contribution >= 0.6 is 11.3 Å². The zero-order chi connectivity index (χ0) is 13.1. The summed E-state index contributed by atoms with van der Waals surface area (Å²) < 4.78 is 5.38. The molecular formula is C14H15N3OS. The molecule has 4 nitrogen and oxygen atoms in total. The maximum Gasteiger partial charge on any atom is 0.120 e. The van der Waals surface area contributed by atoms with Gasteiger partial charge in [-0.3, -0.25) is 5.10 Å². The molecule has 5 heteroatoms. The molecule has 98 valence electrons. The quantitative estimate of drug-likeness (QED) is 0.747. The molecule has 0 saturated carbocycles. The van der Waals surface area contributed by atoms with Crippen molar-refractivity contribution in [2.45, 2.75) is 19.5 Å². The van der Waals surface area contributed by atoms with Crippen LogP contribution in [0.2, 0.25) is 0 Å². The molecule has 3 heterocycles. The summed E-state index contributed by atoms with van der Waals surface area (Å²) in [7, 11) is 0. The third-order valence-corrected chi connectivity index (χ3v) is 3.94. The summed E-state index contributed by atoms with van der Waals surface area (Å²) in [5.74, 6) is 0.946. The van der Waals surface area contributed by atoms with Crippen LogP contribution in [0.5, 0.6) is 0 Å². The third kappa shape index (κ3) is 2.62. The number of aromatic nitrogens is 2. The van der Waals surface area contributed by atoms with Crippen molar-refractivity contribution < 1.29 is 4.42 Å². The molecule has 0 radical (unpaired) electrons. The second-order valence-electron chi connectivity index (χ2n) is 4.37. The first-order valence-corrected chi connectivity index (χ1v) is 7.05. The van der Waals surface area contributed by atoms with E-state index < -0.39 is 0 Å². The van der Waals surface area contributed by atoms with Crippen molar-refractivity contribution in [3.05, 3.63) is 53.4 Å². The third-order valence-electron chi connectivity index (χ3n) is 3.05. The summed E-state index contributed by atoms with van der Waals surface area (Å²) in [5.41, 5.74) is 2.26. The summed E-state index contributed by atoms with van der Waals surface area (Å²) in [5, 5.41) is 12.7. The van der Waals surface area contributed by atoms with Gasteiger partial charge in [0, 0.05) is 12.1 Å². The van der Waals surface area contributed by atoms with Crippen molar-refractivity contribution in [2.24, 2.45) is 0 Å². The number of hydrogen-bond acceptors (Lipinski definition) is 4. The Balaban J connectivity index is 1.70. The first-order valence-electron chi connectivity index (χ1n) is 6.17. The maximum atomic E-state index is 5.38. The molecule has 1 atom stereocenters. The van der Waals surface area contributed by atoms with Crippen molar-refractivity contribution >= 4 is 11.3 Å². The van der Waals surface area contributed by atoms with E-state index in [0.29, 0.717) is 0 Å². The molecule has 19 heavy (non-hydrogen) atoms. The van der Waals surface area contributed by atoms with Crippen LogP contribution < -0.4 is 5.32 Å². The highest BCUT2D eigenvalue weighted by Gasteiger charge is 2.11. The lowest BCUT2D eigenvalue weighted by Crippen LogP contribution is -2.17. The van der Waals surface area contributed by atoms with Crippen LogP contribution in [0.15, 0.2) is 46.5 Å². The van der Waals surface area contributed by atoms with Gasteiger partial charge in [-0.25, -0.2) is 0 Å². The summed E-state index contributed by atoms with van der Waals surface area (Å²) >= 11 is 1.71. The lowest BCUT2D eigenvalue weighted by molar-refractivity contribution is 0.430. The second-order valence-corrected chi connectivity index (χ2v) is 5.31. The minimum atomic E-state index is 0.182. The number of thiophene rings is 1. The van der Waals surface area contributed by atoms with Gasteiger partial charge in [0.25, 0.3) is 0 Å². The Morgan fingerprint density at radius 2 is 2.37 bits per heavy atom. The van der Waals surface area contributed by atoms with E-state index in [4.69, 9.17) is 4.42 Å². The minimum absolute atomic E-state index is 0.182. The average molecular weight is 273 g/mol. The lowest BCUT2D eigenvalue weighted by Gasteiger charge is -2.10. The zero-order valence-corrected chi connectivity index (χ0v) is 11.4. The summed E-state index contributed by atoms with van der Waals surface area (Å²) in [6.07, 6.45) is 3.57. The molecule has 0 fully saturated rings. The van der Waals surface area contributed by atoms with Gasteiger partial charge in [0.1, 0.15) is 5.76 Å². The molecule has 0 saturated heterocycles. The van der Waals surface area contributed by atoms with Gasteiger partial charge in [-0.1, -0.05) is 6.07 Å². The SMILES string of the molecule is C[C@@H](NCc1cn[nH]c1-c1cccs1)c1ccco1. The Hall–Kier alpha value is -1.85. The van der Waals surface area contributed by atoms with E-state index in [1.807, 2.05) is 24.4 Å². The van der Waals surface area contributed by atoms with Gasteiger partial charge >= 0.3 is 0 Å². The van der Waals surface area contributed by atoms with Crippen LogP contribution in [0.25, 0.3) is 10.6 Å². The monoisotopic (exact) mass is 273 g/mol. The number of rotatable bonds is 5. The van der Waals surface area contributed by atoms with E-state index in [2.05, 4.69) is 33.9 Å². The molecule has 0 bridgehead atoms. The Kier molecular flexibility index (Phi) is 3.48. The number of furan rings is 1. The van der Waals surface area contributed by atoms with Crippen molar-refractivity contribution in [1.82, 2.24) is 15.5 Å². The molecule has 0 aliphatic carbocycles. The van der Waals surface area contributed by atoms with Gasteiger partial charge in [0.2, 0.25) is 0 Å². The predicted molar refractivity (Wildman–Crippen MR) is 75.9 cm³/mol. The van der Waals surface area contributed by atoms with Gasteiger partial charge in [0.15, 0.2) is 0 Å². The van der Waals surface area contributed by atoms with Gasteiger partial charge in [-0.05, 0) is 30.5 Å². The van der Waals surface area contributed by atoms with Crippen molar-refractivity contribution in [3.63, 3.8) is 0 Å². The van der Waals surface area contributed by atoms with Crippen LogP contribution in [-0.2, 0) is 6.54 Å². The van der Waals surface area contributed by atoms with Gasteiger partial charge in [-0.2, -0.15) is 5.10 Å². The van der Waals surface area contributed by atoms with Crippen LogP contribution in [0, 0.1) is 0 Å². The normalized spacial score (nSPS) is 12.7. The van der Waals surface area contributed by atoms with E-state index in [0.717, 1.165) is 18.0 Å². The average Bonchev–Trinajstić information content (AvgIpc) is 3.14. The van der Waals surface area contributed by atoms with Crippen LogP contribution in [-0.4, -0.2) is 10.2 Å². The zero-order valence-electron chi connectivity index (χ0n) is 10.6. The summed E-state index contributed by atoms with van der Waals surface area (Å²) in [4.78, 5) is 1.21. The Morgan fingerprint density at radius 3 is 3.11 bits per heavy atom. The number of hydrogen-bond donors (Lipinski definition) is 2. The molecule has 3 aromatic heterocycles. The maximum absolute atomic E-state index is 5.38. The predicted octanol–water partition coefficient (Wildman–Crippen LogP) is 3.58. The largest absolute Gasteiger partial charge is 0.468 e. The van der Waals surface area contributed by atoms with E-state index >= 15 is 0 Å². The van der Waals surface area contributed by atoms with E-state index in [9.17, 15) is 0 Å². The lowest BCUT2D eigenvalue weighted by atomic mass is 10.2. The highest BCUT2D eigenvalue weighted by atomic mass is 32.1. The van der Waals surface area contributed by atoms with Crippen molar-refractivity contribution in [1.29, 1.82) is 0 Å². The number of H-pyrrole nitrogens is 1. The first-order chi connectivity index (χ1) is 9.34. The summed E-state index contributed by atoms with van der Waals surface area (Å²) in [6, 6.07) is 8.21. The van der Waals surface area contributed by atoms with Crippen molar-refractivity contribution in [3.8, 4) is 10.6 Å². The molecule has 0 unspecified atom stereocenters. The summed E-state index contributed by atoms with van der Waals surface area (Å²) in [6.45, 7) is 2.84. The van der Waals surface area contributed by atoms with Gasteiger partial charge in [0.05, 0.1) is 29.1 Å². The van der Waals surface area contributed by atoms with E-state index in [1.54, 1.807) is 17.6 Å². The molecule has 0 aliphatic heterocycles. The molecule has 2 N–H and O–H groups in total. The number of nitrogens with one attached hydrogen (secondary N) is 2. The first kappa shape index (κ1) is 12.2. The fourth-order valence-electron chi connectivity index (χ4n) is 1.98. The Labute approximate surface area is 115 Å². The number of nitrogens with zero attached hydrogens (tertiary/aromatic N) is 1. The molecule has 3 aromatic rings. The molecule has 0 amide bonds. The Morgan fingerprint density at radius 1 is 1.42 bits per heavy atom. The molecule has 3 rings (SSSR count). The molecule has 0 aromatic carbocycles.